The van der Waals surface area contributed by atoms with Crippen LogP contribution in [0.2, 0.25) is 0 Å². The highest BCUT2D eigenvalue weighted by Crippen LogP contribution is 1.95. The summed E-state index contributed by atoms with van der Waals surface area (Å²) >= 11 is 0. The van der Waals surface area contributed by atoms with Crippen LogP contribution in [0.5, 0.6) is 0 Å². The Hall–Kier alpha value is -0.120. The summed E-state index contributed by atoms with van der Waals surface area (Å²) in [7, 11) is 1.56. The zero-order valence-electron chi connectivity index (χ0n) is 6.67. The quantitative estimate of drug-likeness (QED) is 0.446. The third kappa shape index (κ3) is 6.01. The van der Waals surface area contributed by atoms with E-state index in [0.717, 1.165) is 12.8 Å². The molecule has 3 nitrogen and oxygen atoms in total. The summed E-state index contributed by atoms with van der Waals surface area (Å²) in [6.45, 7) is 2.67. The smallest absolute Gasteiger partial charge is 0.146 e. The number of hydrogen-bond acceptors (Lipinski definition) is 3. The molecule has 0 radical (unpaired) electrons. The number of rotatable bonds is 6. The zero-order chi connectivity index (χ0) is 7.82. The molecule has 10 heavy (non-hydrogen) atoms. The average molecular weight is 148 g/mol. The first-order valence-corrected chi connectivity index (χ1v) is 3.56. The molecule has 0 heterocycles. The Kier molecular flexibility index (Phi) is 6.91. The Bertz CT molecular complexity index is 65.9. The lowest BCUT2D eigenvalue weighted by molar-refractivity contribution is -0.0627. The van der Waals surface area contributed by atoms with Crippen LogP contribution in [-0.2, 0) is 9.47 Å². The molecule has 0 unspecified atom stereocenters. The van der Waals surface area contributed by atoms with Crippen molar-refractivity contribution in [1.82, 2.24) is 0 Å². The molecule has 0 fully saturated rings. The molecule has 0 spiro atoms. The monoisotopic (exact) mass is 148 g/mol. The van der Waals surface area contributed by atoms with Gasteiger partial charge in [0.2, 0.25) is 0 Å². The van der Waals surface area contributed by atoms with E-state index in [9.17, 15) is 0 Å². The second kappa shape index (κ2) is 6.99. The van der Waals surface area contributed by atoms with Crippen LogP contribution in [0.25, 0.3) is 0 Å². The largest absolute Gasteiger partial charge is 0.391 e. The Balaban J connectivity index is 2.97. The van der Waals surface area contributed by atoms with Crippen molar-refractivity contribution >= 4 is 0 Å². The van der Waals surface area contributed by atoms with Crippen LogP contribution in [0.4, 0.5) is 0 Å². The molecule has 0 aromatic carbocycles. The molecular formula is C7H16O3. The van der Waals surface area contributed by atoms with Gasteiger partial charge in [-0.15, -0.1) is 0 Å². The van der Waals surface area contributed by atoms with Gasteiger partial charge < -0.3 is 14.6 Å². The van der Waals surface area contributed by atoms with Gasteiger partial charge in [-0.05, 0) is 6.42 Å². The van der Waals surface area contributed by atoms with Crippen molar-refractivity contribution in [3.63, 3.8) is 0 Å². The molecule has 0 amide bonds. The minimum absolute atomic E-state index is 0.265. The standard InChI is InChI=1S/C7H16O3/c1-3-4-7(8)5-10-6-9-2/h7-8H,3-6H2,1-2H3/t7-/m1/s1. The third-order valence-corrected chi connectivity index (χ3v) is 1.13. The summed E-state index contributed by atoms with van der Waals surface area (Å²) in [5, 5.41) is 9.10. The number of ether oxygens (including phenoxy) is 2. The Morgan fingerprint density at radius 3 is 2.70 bits per heavy atom. The topological polar surface area (TPSA) is 38.7 Å². The first-order valence-electron chi connectivity index (χ1n) is 3.56. The summed E-state index contributed by atoms with van der Waals surface area (Å²) in [5.74, 6) is 0. The fourth-order valence-electron chi connectivity index (χ4n) is 0.684. The van der Waals surface area contributed by atoms with Crippen LogP contribution < -0.4 is 0 Å². The molecule has 0 aromatic rings. The molecule has 0 aliphatic carbocycles. The van der Waals surface area contributed by atoms with Gasteiger partial charge in [0.25, 0.3) is 0 Å². The maximum Gasteiger partial charge on any atom is 0.146 e. The molecule has 0 rings (SSSR count). The maximum absolute atomic E-state index is 9.10. The third-order valence-electron chi connectivity index (χ3n) is 1.13. The molecule has 0 saturated carbocycles. The van der Waals surface area contributed by atoms with Crippen molar-refractivity contribution < 1.29 is 14.6 Å². The maximum atomic E-state index is 9.10. The summed E-state index contributed by atoms with van der Waals surface area (Å²) in [4.78, 5) is 0. The van der Waals surface area contributed by atoms with Crippen LogP contribution >= 0.6 is 0 Å². The summed E-state index contributed by atoms with van der Waals surface area (Å²) in [6.07, 6.45) is 1.45. The predicted molar refractivity (Wildman–Crippen MR) is 38.7 cm³/mol. The van der Waals surface area contributed by atoms with E-state index in [0.29, 0.717) is 6.61 Å². The van der Waals surface area contributed by atoms with Gasteiger partial charge in [-0.3, -0.25) is 0 Å². The molecule has 1 atom stereocenters. The van der Waals surface area contributed by atoms with Crippen LogP contribution in [0.3, 0.4) is 0 Å². The molecule has 3 heteroatoms. The van der Waals surface area contributed by atoms with E-state index in [1.165, 1.54) is 0 Å². The van der Waals surface area contributed by atoms with Crippen molar-refractivity contribution in [3.05, 3.63) is 0 Å². The van der Waals surface area contributed by atoms with Crippen molar-refractivity contribution in [3.8, 4) is 0 Å². The zero-order valence-corrected chi connectivity index (χ0v) is 6.67. The van der Waals surface area contributed by atoms with Crippen molar-refractivity contribution in [2.75, 3.05) is 20.5 Å². The fraction of sp³-hybridized carbons (Fsp3) is 1.00. The molecule has 0 aromatic heterocycles. The lowest BCUT2D eigenvalue weighted by atomic mass is 10.2. The van der Waals surface area contributed by atoms with Crippen LogP contribution in [0.15, 0.2) is 0 Å². The molecule has 0 bridgehead atoms. The van der Waals surface area contributed by atoms with Gasteiger partial charge in [-0.2, -0.15) is 0 Å². The second-order valence-corrected chi connectivity index (χ2v) is 2.22. The summed E-state index contributed by atoms with van der Waals surface area (Å²) in [5.41, 5.74) is 0. The fourth-order valence-corrected chi connectivity index (χ4v) is 0.684. The minimum Gasteiger partial charge on any atom is -0.391 e. The van der Waals surface area contributed by atoms with E-state index < -0.39 is 0 Å². The van der Waals surface area contributed by atoms with E-state index in [-0.39, 0.29) is 12.9 Å². The lowest BCUT2D eigenvalue weighted by Crippen LogP contribution is -2.15. The van der Waals surface area contributed by atoms with Crippen molar-refractivity contribution in [2.45, 2.75) is 25.9 Å². The van der Waals surface area contributed by atoms with Gasteiger partial charge in [-0.25, -0.2) is 0 Å². The minimum atomic E-state index is -0.333. The van der Waals surface area contributed by atoms with E-state index in [4.69, 9.17) is 9.84 Å². The SMILES string of the molecule is CCC[C@@H](O)COCOC. The highest BCUT2D eigenvalue weighted by Gasteiger charge is 2.00. The first kappa shape index (κ1) is 9.88. The van der Waals surface area contributed by atoms with Crippen LogP contribution in [-0.4, -0.2) is 31.7 Å². The Labute approximate surface area is 62.0 Å². The average Bonchev–Trinajstić information content (AvgIpc) is 1.89. The van der Waals surface area contributed by atoms with E-state index >= 15 is 0 Å². The predicted octanol–water partition coefficient (Wildman–Crippen LogP) is 0.768. The number of methoxy groups -OCH3 is 1. The van der Waals surface area contributed by atoms with Crippen molar-refractivity contribution in [1.29, 1.82) is 0 Å². The van der Waals surface area contributed by atoms with E-state index in [1.807, 2.05) is 6.92 Å². The number of aliphatic hydroxyl groups excluding tert-OH is 1. The number of hydrogen-bond donors (Lipinski definition) is 1. The molecule has 0 saturated heterocycles. The van der Waals surface area contributed by atoms with Crippen molar-refractivity contribution in [2.24, 2.45) is 0 Å². The summed E-state index contributed by atoms with van der Waals surface area (Å²) in [6, 6.07) is 0. The second-order valence-electron chi connectivity index (χ2n) is 2.22. The lowest BCUT2D eigenvalue weighted by Gasteiger charge is -2.08. The van der Waals surface area contributed by atoms with Crippen LogP contribution in [0, 0.1) is 0 Å². The molecular weight excluding hydrogens is 132 g/mol. The van der Waals surface area contributed by atoms with Gasteiger partial charge in [0.05, 0.1) is 12.7 Å². The Morgan fingerprint density at radius 1 is 1.50 bits per heavy atom. The number of aliphatic hydroxyl groups is 1. The van der Waals surface area contributed by atoms with Gasteiger partial charge >= 0.3 is 0 Å². The van der Waals surface area contributed by atoms with E-state index in [2.05, 4.69) is 4.74 Å². The molecule has 1 N–H and O–H groups in total. The van der Waals surface area contributed by atoms with Crippen LogP contribution in [0.1, 0.15) is 19.8 Å². The highest BCUT2D eigenvalue weighted by atomic mass is 16.7. The highest BCUT2D eigenvalue weighted by molar-refractivity contribution is 4.50. The van der Waals surface area contributed by atoms with Gasteiger partial charge in [0.15, 0.2) is 0 Å². The molecule has 62 valence electrons. The Morgan fingerprint density at radius 2 is 2.20 bits per heavy atom. The normalized spacial score (nSPS) is 13.5. The van der Waals surface area contributed by atoms with Gasteiger partial charge in [0.1, 0.15) is 6.79 Å². The molecule has 0 aliphatic heterocycles. The molecule has 0 aliphatic rings. The first-order chi connectivity index (χ1) is 4.81. The van der Waals surface area contributed by atoms with E-state index in [1.54, 1.807) is 7.11 Å². The van der Waals surface area contributed by atoms with Gasteiger partial charge in [-0.1, -0.05) is 13.3 Å². The van der Waals surface area contributed by atoms with Gasteiger partial charge in [0, 0.05) is 7.11 Å². The summed E-state index contributed by atoms with van der Waals surface area (Å²) < 4.78 is 9.56.